The van der Waals surface area contributed by atoms with Gasteiger partial charge in [-0.15, -0.1) is 0 Å². The smallest absolute Gasteiger partial charge is 0.0919 e. The van der Waals surface area contributed by atoms with Crippen LogP contribution in [0.15, 0.2) is 37.4 Å². The number of hydrogen-bond acceptors (Lipinski definition) is 2. The molecule has 0 aliphatic rings. The van der Waals surface area contributed by atoms with Crippen molar-refractivity contribution in [1.29, 1.82) is 0 Å². The van der Waals surface area contributed by atoms with Gasteiger partial charge >= 0.3 is 0 Å². The van der Waals surface area contributed by atoms with E-state index in [9.17, 15) is 0 Å². The van der Waals surface area contributed by atoms with Crippen LogP contribution in [0.5, 0.6) is 0 Å². The molecular formula is C8H14N4. The Balaban J connectivity index is 0.000000168. The van der Waals surface area contributed by atoms with Gasteiger partial charge in [0.25, 0.3) is 0 Å². The molecule has 0 aliphatic carbocycles. The fourth-order valence-corrected chi connectivity index (χ4v) is 0.430. The van der Waals surface area contributed by atoms with Gasteiger partial charge in [0.2, 0.25) is 0 Å². The molecule has 0 saturated heterocycles. The van der Waals surface area contributed by atoms with Gasteiger partial charge in [0, 0.05) is 24.8 Å². The van der Waals surface area contributed by atoms with E-state index >= 15 is 0 Å². The highest BCUT2D eigenvalue weighted by Gasteiger charge is 1.56. The maximum Gasteiger partial charge on any atom is 0.0919 e. The lowest BCUT2D eigenvalue weighted by Gasteiger charge is -1.46. The van der Waals surface area contributed by atoms with Crippen molar-refractivity contribution in [2.24, 2.45) is 0 Å². The fourth-order valence-electron chi connectivity index (χ4n) is 0.430. The van der Waals surface area contributed by atoms with E-state index < -0.39 is 0 Å². The van der Waals surface area contributed by atoms with Crippen molar-refractivity contribution in [3.63, 3.8) is 0 Å². The van der Waals surface area contributed by atoms with Gasteiger partial charge < -0.3 is 9.97 Å². The molecule has 66 valence electrons. The molecule has 0 spiro atoms. The molecule has 0 bridgehead atoms. The van der Waals surface area contributed by atoms with Crippen molar-refractivity contribution in [1.82, 2.24) is 19.9 Å². The maximum atomic E-state index is 3.67. The molecule has 0 aromatic carbocycles. The van der Waals surface area contributed by atoms with E-state index in [1.807, 2.05) is 13.8 Å². The number of aromatic amines is 2. The van der Waals surface area contributed by atoms with Gasteiger partial charge in [-0.1, -0.05) is 13.8 Å². The number of rotatable bonds is 0. The van der Waals surface area contributed by atoms with E-state index in [4.69, 9.17) is 0 Å². The first kappa shape index (κ1) is 10.4. The summed E-state index contributed by atoms with van der Waals surface area (Å²) in [5.74, 6) is 0. The van der Waals surface area contributed by atoms with Crippen LogP contribution in [0.1, 0.15) is 13.8 Å². The summed E-state index contributed by atoms with van der Waals surface area (Å²) >= 11 is 0. The number of nitrogens with zero attached hydrogens (tertiary/aromatic N) is 2. The predicted molar refractivity (Wildman–Crippen MR) is 48.5 cm³/mol. The molecular weight excluding hydrogens is 152 g/mol. The van der Waals surface area contributed by atoms with Crippen LogP contribution in [0, 0.1) is 0 Å². The Labute approximate surface area is 72.1 Å². The lowest BCUT2D eigenvalue weighted by Crippen LogP contribution is -1.44. The van der Waals surface area contributed by atoms with Gasteiger partial charge in [-0.3, -0.25) is 0 Å². The van der Waals surface area contributed by atoms with Crippen molar-refractivity contribution in [2.75, 3.05) is 0 Å². The lowest BCUT2D eigenvalue weighted by molar-refractivity contribution is 1.31. The van der Waals surface area contributed by atoms with Gasteiger partial charge in [0.05, 0.1) is 12.7 Å². The molecule has 4 heteroatoms. The van der Waals surface area contributed by atoms with Crippen molar-refractivity contribution in [3.05, 3.63) is 37.4 Å². The predicted octanol–water partition coefficient (Wildman–Crippen LogP) is 1.85. The van der Waals surface area contributed by atoms with Gasteiger partial charge in [0.1, 0.15) is 0 Å². The largest absolute Gasteiger partial charge is 0.351 e. The maximum absolute atomic E-state index is 3.67. The van der Waals surface area contributed by atoms with Crippen molar-refractivity contribution >= 4 is 0 Å². The quantitative estimate of drug-likeness (QED) is 0.627. The zero-order valence-corrected chi connectivity index (χ0v) is 7.36. The first-order chi connectivity index (χ1) is 6.00. The Kier molecular flexibility index (Phi) is 8.18. The van der Waals surface area contributed by atoms with Crippen LogP contribution >= 0.6 is 0 Å². The number of aromatic nitrogens is 4. The summed E-state index contributed by atoms with van der Waals surface area (Å²) in [5, 5.41) is 0. The van der Waals surface area contributed by atoms with E-state index in [-0.39, 0.29) is 0 Å². The lowest BCUT2D eigenvalue weighted by atomic mass is 11.0. The van der Waals surface area contributed by atoms with Crippen LogP contribution in [-0.2, 0) is 0 Å². The summed E-state index contributed by atoms with van der Waals surface area (Å²) in [5.41, 5.74) is 0. The van der Waals surface area contributed by atoms with Crippen LogP contribution in [0.4, 0.5) is 0 Å². The summed E-state index contributed by atoms with van der Waals surface area (Å²) in [4.78, 5) is 12.8. The van der Waals surface area contributed by atoms with Crippen LogP contribution in [0.3, 0.4) is 0 Å². The minimum absolute atomic E-state index is 1.62. The highest BCUT2D eigenvalue weighted by molar-refractivity contribution is 4.65. The number of imidazole rings is 2. The molecule has 0 saturated carbocycles. The molecule has 0 amide bonds. The summed E-state index contributed by atoms with van der Waals surface area (Å²) in [6, 6.07) is 0. The summed E-state index contributed by atoms with van der Waals surface area (Å²) in [6.07, 6.45) is 10.2. The zero-order chi connectivity index (χ0) is 9.07. The second-order valence-electron chi connectivity index (χ2n) is 1.52. The second-order valence-corrected chi connectivity index (χ2v) is 1.52. The Morgan fingerprint density at radius 3 is 1.33 bits per heavy atom. The minimum atomic E-state index is 1.62. The highest BCUT2D eigenvalue weighted by atomic mass is 14.8. The highest BCUT2D eigenvalue weighted by Crippen LogP contribution is 1.63. The number of H-pyrrole nitrogens is 2. The molecule has 0 aliphatic heterocycles. The second kappa shape index (κ2) is 9.42. The summed E-state index contributed by atoms with van der Waals surface area (Å²) in [7, 11) is 0. The van der Waals surface area contributed by atoms with Gasteiger partial charge in [-0.05, 0) is 0 Å². The molecule has 0 atom stereocenters. The third kappa shape index (κ3) is 6.54. The van der Waals surface area contributed by atoms with Gasteiger partial charge in [-0.2, -0.15) is 0 Å². The molecule has 12 heavy (non-hydrogen) atoms. The van der Waals surface area contributed by atoms with E-state index in [1.165, 1.54) is 0 Å². The molecule has 0 radical (unpaired) electrons. The molecule has 2 heterocycles. The third-order valence-electron chi connectivity index (χ3n) is 0.812. The van der Waals surface area contributed by atoms with Gasteiger partial charge in [-0.25, -0.2) is 9.97 Å². The summed E-state index contributed by atoms with van der Waals surface area (Å²) < 4.78 is 0. The van der Waals surface area contributed by atoms with Crippen molar-refractivity contribution in [3.8, 4) is 0 Å². The Morgan fingerprint density at radius 1 is 0.833 bits per heavy atom. The fraction of sp³-hybridized carbons (Fsp3) is 0.250. The van der Waals surface area contributed by atoms with Crippen molar-refractivity contribution in [2.45, 2.75) is 13.8 Å². The SMILES string of the molecule is CC.c1c[nH]cn1.c1c[nH]cn1. The van der Waals surface area contributed by atoms with E-state index in [1.54, 1.807) is 37.4 Å². The zero-order valence-electron chi connectivity index (χ0n) is 7.36. The molecule has 2 aromatic rings. The van der Waals surface area contributed by atoms with Crippen LogP contribution in [-0.4, -0.2) is 19.9 Å². The van der Waals surface area contributed by atoms with E-state index in [0.29, 0.717) is 0 Å². The molecule has 4 nitrogen and oxygen atoms in total. The van der Waals surface area contributed by atoms with Crippen LogP contribution < -0.4 is 0 Å². The molecule has 2 N–H and O–H groups in total. The van der Waals surface area contributed by atoms with E-state index in [0.717, 1.165) is 0 Å². The molecule has 0 fully saturated rings. The monoisotopic (exact) mass is 166 g/mol. The molecule has 2 aromatic heterocycles. The standard InChI is InChI=1S/2C3H4N2.C2H6/c2*1-2-5-3-4-1;1-2/h2*1-3H,(H,4,5);1-2H3. The first-order valence-electron chi connectivity index (χ1n) is 3.85. The molecule has 2 rings (SSSR count). The first-order valence-corrected chi connectivity index (χ1v) is 3.85. The van der Waals surface area contributed by atoms with Gasteiger partial charge in [0.15, 0.2) is 0 Å². The summed E-state index contributed by atoms with van der Waals surface area (Å²) in [6.45, 7) is 4.00. The Morgan fingerprint density at radius 2 is 1.25 bits per heavy atom. The average Bonchev–Trinajstić information content (AvgIpc) is 2.87. The minimum Gasteiger partial charge on any atom is -0.351 e. The topological polar surface area (TPSA) is 57.4 Å². The Bertz CT molecular complexity index is 150. The average molecular weight is 166 g/mol. The third-order valence-corrected chi connectivity index (χ3v) is 0.812. The molecule has 0 unspecified atom stereocenters. The normalized spacial score (nSPS) is 7.17. The Hall–Kier alpha value is -1.58. The van der Waals surface area contributed by atoms with Crippen LogP contribution in [0.2, 0.25) is 0 Å². The van der Waals surface area contributed by atoms with E-state index in [2.05, 4.69) is 19.9 Å². The van der Waals surface area contributed by atoms with Crippen LogP contribution in [0.25, 0.3) is 0 Å². The number of hydrogen-bond donors (Lipinski definition) is 2. The van der Waals surface area contributed by atoms with Crippen molar-refractivity contribution < 1.29 is 0 Å². The number of nitrogens with one attached hydrogen (secondary N) is 2.